The van der Waals surface area contributed by atoms with Crippen molar-refractivity contribution in [2.75, 3.05) is 19.0 Å². The predicted octanol–water partition coefficient (Wildman–Crippen LogP) is 5.97. The van der Waals surface area contributed by atoms with E-state index in [1.54, 1.807) is 7.11 Å². The monoisotopic (exact) mass is 425 g/mol. The second-order valence-corrected chi connectivity index (χ2v) is 8.36. The maximum absolute atomic E-state index is 13.5. The number of para-hydroxylation sites is 1. The topological polar surface area (TPSA) is 57.4 Å². The fourth-order valence-electron chi connectivity index (χ4n) is 4.67. The first-order valence-corrected chi connectivity index (χ1v) is 10.9. The standard InChI is InChI=1S/C27H27N3O2/c1-17-7-6-10-23(18(17)2)29-27(31)30-16-15-22-21-8-4-5-9-24(21)28-25(22)26(30)19-11-13-20(32-3)14-12-19/h4-14,26,28H,15-16H2,1-3H3,(H,29,31)/t26-/m0/s1. The molecule has 1 aromatic heterocycles. The molecule has 1 aliphatic heterocycles. The lowest BCUT2D eigenvalue weighted by Crippen LogP contribution is -2.43. The summed E-state index contributed by atoms with van der Waals surface area (Å²) in [4.78, 5) is 19.1. The maximum atomic E-state index is 13.5. The first-order chi connectivity index (χ1) is 15.6. The van der Waals surface area contributed by atoms with E-state index in [-0.39, 0.29) is 12.1 Å². The lowest BCUT2D eigenvalue weighted by molar-refractivity contribution is 0.193. The molecule has 0 spiro atoms. The number of urea groups is 1. The van der Waals surface area contributed by atoms with E-state index in [4.69, 9.17) is 4.74 Å². The SMILES string of the molecule is COc1ccc([C@H]2c3[nH]c4ccccc4c3CCN2C(=O)Nc2cccc(C)c2C)cc1. The van der Waals surface area contributed by atoms with Crippen LogP contribution in [-0.2, 0) is 6.42 Å². The maximum Gasteiger partial charge on any atom is 0.322 e. The van der Waals surface area contributed by atoms with Crippen LogP contribution in [0.2, 0.25) is 0 Å². The minimum absolute atomic E-state index is 0.0937. The quantitative estimate of drug-likeness (QED) is 0.425. The molecule has 0 unspecified atom stereocenters. The number of hydrogen-bond donors (Lipinski definition) is 2. The molecule has 1 atom stereocenters. The summed E-state index contributed by atoms with van der Waals surface area (Å²) in [5.74, 6) is 0.799. The molecule has 2 N–H and O–H groups in total. The normalized spacial score (nSPS) is 15.5. The molecule has 3 aromatic carbocycles. The molecule has 5 rings (SSSR count). The number of nitrogens with one attached hydrogen (secondary N) is 2. The number of amides is 2. The highest BCUT2D eigenvalue weighted by molar-refractivity contribution is 5.92. The third kappa shape index (κ3) is 3.40. The Morgan fingerprint density at radius 1 is 1.03 bits per heavy atom. The van der Waals surface area contributed by atoms with E-state index in [0.717, 1.165) is 45.8 Å². The van der Waals surface area contributed by atoms with Crippen LogP contribution in [-0.4, -0.2) is 29.6 Å². The lowest BCUT2D eigenvalue weighted by Gasteiger charge is -2.36. The highest BCUT2D eigenvalue weighted by Crippen LogP contribution is 2.39. The van der Waals surface area contributed by atoms with E-state index in [2.05, 4.69) is 41.5 Å². The molecule has 162 valence electrons. The van der Waals surface area contributed by atoms with Gasteiger partial charge in [0.2, 0.25) is 0 Å². The minimum atomic E-state index is -0.206. The van der Waals surface area contributed by atoms with Crippen molar-refractivity contribution in [2.24, 2.45) is 0 Å². The zero-order chi connectivity index (χ0) is 22.2. The largest absolute Gasteiger partial charge is 0.497 e. The van der Waals surface area contributed by atoms with Gasteiger partial charge in [0, 0.05) is 28.8 Å². The fraction of sp³-hybridized carbons (Fsp3) is 0.222. The first kappa shape index (κ1) is 20.2. The van der Waals surface area contributed by atoms with E-state index >= 15 is 0 Å². The molecule has 0 saturated heterocycles. The van der Waals surface area contributed by atoms with Crippen LogP contribution in [0.5, 0.6) is 5.75 Å². The number of nitrogens with zero attached hydrogens (tertiary/aromatic N) is 1. The Balaban J connectivity index is 1.57. The van der Waals surface area contributed by atoms with Gasteiger partial charge in [-0.25, -0.2) is 4.79 Å². The van der Waals surface area contributed by atoms with Gasteiger partial charge < -0.3 is 19.9 Å². The molecule has 2 heterocycles. The summed E-state index contributed by atoms with van der Waals surface area (Å²) >= 11 is 0. The summed E-state index contributed by atoms with van der Waals surface area (Å²) in [6, 6.07) is 22.0. The molecule has 0 radical (unpaired) electrons. The Bertz CT molecular complexity index is 1290. The molecule has 0 aliphatic carbocycles. The molecule has 2 amide bonds. The van der Waals surface area contributed by atoms with Gasteiger partial charge in [0.1, 0.15) is 5.75 Å². The number of anilines is 1. The summed E-state index contributed by atoms with van der Waals surface area (Å²) in [7, 11) is 1.66. The zero-order valence-electron chi connectivity index (χ0n) is 18.6. The summed E-state index contributed by atoms with van der Waals surface area (Å²) in [6.07, 6.45) is 0.812. The van der Waals surface area contributed by atoms with Crippen LogP contribution in [0.1, 0.15) is 34.0 Å². The molecular formula is C27H27N3O2. The van der Waals surface area contributed by atoms with E-state index in [9.17, 15) is 4.79 Å². The number of H-pyrrole nitrogens is 1. The minimum Gasteiger partial charge on any atom is -0.497 e. The van der Waals surface area contributed by atoms with Crippen molar-refractivity contribution in [1.82, 2.24) is 9.88 Å². The van der Waals surface area contributed by atoms with Crippen molar-refractivity contribution < 1.29 is 9.53 Å². The molecule has 5 heteroatoms. The number of methoxy groups -OCH3 is 1. The van der Waals surface area contributed by atoms with Crippen LogP contribution < -0.4 is 10.1 Å². The van der Waals surface area contributed by atoms with E-state index in [1.165, 1.54) is 10.9 Å². The number of aryl methyl sites for hydroxylation is 1. The predicted molar refractivity (Wildman–Crippen MR) is 128 cm³/mol. The average molecular weight is 426 g/mol. The van der Waals surface area contributed by atoms with Gasteiger partial charge in [0.05, 0.1) is 13.2 Å². The Labute approximate surface area is 188 Å². The smallest absolute Gasteiger partial charge is 0.322 e. The molecule has 1 aliphatic rings. The Hall–Kier alpha value is -3.73. The van der Waals surface area contributed by atoms with Crippen molar-refractivity contribution in [1.29, 1.82) is 0 Å². The van der Waals surface area contributed by atoms with E-state index in [1.807, 2.05) is 54.3 Å². The third-order valence-electron chi connectivity index (χ3n) is 6.57. The van der Waals surface area contributed by atoms with Crippen molar-refractivity contribution in [2.45, 2.75) is 26.3 Å². The summed E-state index contributed by atoms with van der Waals surface area (Å²) in [5.41, 5.74) is 7.63. The number of aromatic nitrogens is 1. The van der Waals surface area contributed by atoms with Crippen molar-refractivity contribution in [3.05, 3.63) is 94.7 Å². The average Bonchev–Trinajstić information content (AvgIpc) is 3.20. The summed E-state index contributed by atoms with van der Waals surface area (Å²) in [6.45, 7) is 4.74. The van der Waals surface area contributed by atoms with Crippen molar-refractivity contribution >= 4 is 22.6 Å². The first-order valence-electron chi connectivity index (χ1n) is 10.9. The van der Waals surface area contributed by atoms with Crippen molar-refractivity contribution in [3.63, 3.8) is 0 Å². The molecule has 32 heavy (non-hydrogen) atoms. The summed E-state index contributed by atoms with van der Waals surface area (Å²) < 4.78 is 5.35. The number of hydrogen-bond acceptors (Lipinski definition) is 2. The van der Waals surface area contributed by atoms with Gasteiger partial charge in [-0.05, 0) is 66.8 Å². The Morgan fingerprint density at radius 3 is 2.59 bits per heavy atom. The van der Waals surface area contributed by atoms with E-state index in [0.29, 0.717) is 6.54 Å². The number of fused-ring (bicyclic) bond motifs is 3. The van der Waals surface area contributed by atoms with Gasteiger partial charge in [0.15, 0.2) is 0 Å². The van der Waals surface area contributed by atoms with Gasteiger partial charge >= 0.3 is 6.03 Å². The number of carbonyl (C=O) groups is 1. The van der Waals surface area contributed by atoms with Gasteiger partial charge in [-0.1, -0.05) is 42.5 Å². The number of aromatic amines is 1. The number of benzene rings is 3. The molecule has 4 aromatic rings. The Kier molecular flexibility index (Phi) is 5.10. The van der Waals surface area contributed by atoms with Gasteiger partial charge in [0.25, 0.3) is 0 Å². The van der Waals surface area contributed by atoms with E-state index < -0.39 is 0 Å². The van der Waals surface area contributed by atoms with Crippen LogP contribution in [0, 0.1) is 13.8 Å². The van der Waals surface area contributed by atoms with Crippen LogP contribution in [0.4, 0.5) is 10.5 Å². The van der Waals surface area contributed by atoms with Crippen LogP contribution in [0.25, 0.3) is 10.9 Å². The number of rotatable bonds is 3. The fourth-order valence-corrected chi connectivity index (χ4v) is 4.67. The zero-order valence-corrected chi connectivity index (χ0v) is 18.6. The third-order valence-corrected chi connectivity index (χ3v) is 6.57. The lowest BCUT2D eigenvalue weighted by atomic mass is 9.92. The van der Waals surface area contributed by atoms with Crippen LogP contribution in [0.15, 0.2) is 66.7 Å². The van der Waals surface area contributed by atoms with Crippen LogP contribution in [0.3, 0.4) is 0 Å². The van der Waals surface area contributed by atoms with Crippen LogP contribution >= 0.6 is 0 Å². The van der Waals surface area contributed by atoms with Gasteiger partial charge in [-0.3, -0.25) is 0 Å². The Morgan fingerprint density at radius 2 is 1.81 bits per heavy atom. The molecule has 5 nitrogen and oxygen atoms in total. The van der Waals surface area contributed by atoms with Gasteiger partial charge in [-0.2, -0.15) is 0 Å². The van der Waals surface area contributed by atoms with Gasteiger partial charge in [-0.15, -0.1) is 0 Å². The number of carbonyl (C=O) groups excluding carboxylic acids is 1. The highest BCUT2D eigenvalue weighted by atomic mass is 16.5. The molecule has 0 fully saturated rings. The highest BCUT2D eigenvalue weighted by Gasteiger charge is 2.34. The second-order valence-electron chi connectivity index (χ2n) is 8.36. The second kappa shape index (κ2) is 8.08. The number of ether oxygens (including phenoxy) is 1. The van der Waals surface area contributed by atoms with Crippen molar-refractivity contribution in [3.8, 4) is 5.75 Å². The molecular weight excluding hydrogens is 398 g/mol. The molecule has 0 saturated carbocycles. The molecule has 0 bridgehead atoms. The summed E-state index contributed by atoms with van der Waals surface area (Å²) in [5, 5.41) is 4.39.